The summed E-state index contributed by atoms with van der Waals surface area (Å²) >= 11 is 5.60. The molecule has 0 atom stereocenters. The van der Waals surface area contributed by atoms with E-state index in [0.29, 0.717) is 13.2 Å². The molecule has 0 aliphatic carbocycles. The van der Waals surface area contributed by atoms with E-state index in [-0.39, 0.29) is 5.02 Å². The lowest BCUT2D eigenvalue weighted by molar-refractivity contribution is 0.107. The summed E-state index contributed by atoms with van der Waals surface area (Å²) in [4.78, 5) is 0. The molecule has 2 rings (SSSR count). The van der Waals surface area contributed by atoms with Crippen molar-refractivity contribution in [1.82, 2.24) is 0 Å². The monoisotopic (exact) mass is 265 g/mol. The highest BCUT2D eigenvalue weighted by atomic mass is 35.5. The summed E-state index contributed by atoms with van der Waals surface area (Å²) in [6, 6.07) is 12.1. The first-order chi connectivity index (χ1) is 8.65. The van der Waals surface area contributed by atoms with Gasteiger partial charge in [0.05, 0.1) is 18.2 Å². The Kier molecular flexibility index (Phi) is 4.18. The van der Waals surface area contributed by atoms with Gasteiger partial charge in [0.1, 0.15) is 5.82 Å². The summed E-state index contributed by atoms with van der Waals surface area (Å²) in [5, 5.41) is 0.122. The first kappa shape index (κ1) is 12.9. The molecule has 4 heteroatoms. The Morgan fingerprint density at radius 3 is 2.28 bits per heavy atom. The molecule has 2 N–H and O–H groups in total. The Morgan fingerprint density at radius 2 is 1.61 bits per heavy atom. The molecule has 0 aliphatic heterocycles. The van der Waals surface area contributed by atoms with Gasteiger partial charge >= 0.3 is 0 Å². The zero-order valence-corrected chi connectivity index (χ0v) is 10.5. The molecule has 0 fully saturated rings. The van der Waals surface area contributed by atoms with Gasteiger partial charge in [-0.05, 0) is 35.4 Å². The van der Waals surface area contributed by atoms with Crippen LogP contribution >= 0.6 is 11.6 Å². The lowest BCUT2D eigenvalue weighted by Gasteiger charge is -2.05. The third-order valence-electron chi connectivity index (χ3n) is 2.50. The van der Waals surface area contributed by atoms with E-state index in [1.165, 1.54) is 12.1 Å². The maximum Gasteiger partial charge on any atom is 0.142 e. The van der Waals surface area contributed by atoms with Crippen LogP contribution in [0, 0.1) is 5.82 Å². The average Bonchev–Trinajstić information content (AvgIpc) is 2.36. The van der Waals surface area contributed by atoms with Gasteiger partial charge in [-0.3, -0.25) is 0 Å². The SMILES string of the molecule is Nc1ccc(COCc2ccc(Cl)c(F)c2)cc1. The van der Waals surface area contributed by atoms with Crippen molar-refractivity contribution in [2.24, 2.45) is 0 Å². The van der Waals surface area contributed by atoms with Crippen LogP contribution in [0.2, 0.25) is 5.02 Å². The van der Waals surface area contributed by atoms with Gasteiger partial charge in [0, 0.05) is 5.69 Å². The molecule has 18 heavy (non-hydrogen) atoms. The van der Waals surface area contributed by atoms with Gasteiger partial charge in [-0.2, -0.15) is 0 Å². The lowest BCUT2D eigenvalue weighted by Crippen LogP contribution is -1.95. The molecular formula is C14H13ClFNO. The van der Waals surface area contributed by atoms with E-state index in [2.05, 4.69) is 0 Å². The number of rotatable bonds is 4. The van der Waals surface area contributed by atoms with Crippen molar-refractivity contribution in [2.75, 3.05) is 5.73 Å². The molecule has 0 bridgehead atoms. The first-order valence-electron chi connectivity index (χ1n) is 5.51. The van der Waals surface area contributed by atoms with E-state index < -0.39 is 5.82 Å². The molecule has 0 radical (unpaired) electrons. The second-order valence-electron chi connectivity index (χ2n) is 3.98. The number of nitrogen functional groups attached to an aromatic ring is 1. The van der Waals surface area contributed by atoms with Crippen molar-refractivity contribution in [2.45, 2.75) is 13.2 Å². The predicted octanol–water partition coefficient (Wildman–Crippen LogP) is 3.78. The van der Waals surface area contributed by atoms with Crippen LogP contribution in [0.4, 0.5) is 10.1 Å². The normalized spacial score (nSPS) is 10.6. The maximum absolute atomic E-state index is 13.2. The molecule has 0 heterocycles. The molecule has 2 aromatic carbocycles. The molecule has 2 aromatic rings. The van der Waals surface area contributed by atoms with Crippen LogP contribution in [0.5, 0.6) is 0 Å². The van der Waals surface area contributed by atoms with E-state index >= 15 is 0 Å². The Bertz CT molecular complexity index is 528. The fourth-order valence-corrected chi connectivity index (χ4v) is 1.65. The summed E-state index contributed by atoms with van der Waals surface area (Å²) in [6.45, 7) is 0.809. The second-order valence-corrected chi connectivity index (χ2v) is 4.39. The van der Waals surface area contributed by atoms with Gasteiger partial charge in [0.15, 0.2) is 0 Å². The number of anilines is 1. The quantitative estimate of drug-likeness (QED) is 0.854. The van der Waals surface area contributed by atoms with Crippen LogP contribution in [0.15, 0.2) is 42.5 Å². The van der Waals surface area contributed by atoms with Gasteiger partial charge in [-0.1, -0.05) is 29.8 Å². The van der Waals surface area contributed by atoms with Crippen LogP contribution in [0.25, 0.3) is 0 Å². The van der Waals surface area contributed by atoms with Crippen molar-refractivity contribution < 1.29 is 9.13 Å². The summed E-state index contributed by atoms with van der Waals surface area (Å²) in [7, 11) is 0. The zero-order chi connectivity index (χ0) is 13.0. The molecule has 94 valence electrons. The molecule has 0 amide bonds. The van der Waals surface area contributed by atoms with E-state index in [0.717, 1.165) is 16.8 Å². The Morgan fingerprint density at radius 1 is 1.00 bits per heavy atom. The number of benzene rings is 2. The van der Waals surface area contributed by atoms with Crippen LogP contribution < -0.4 is 5.73 Å². The Labute approximate surface area is 110 Å². The number of hydrogen-bond donors (Lipinski definition) is 1. The predicted molar refractivity (Wildman–Crippen MR) is 70.8 cm³/mol. The summed E-state index contributed by atoms with van der Waals surface area (Å²) in [5.74, 6) is -0.426. The Hall–Kier alpha value is -1.58. The lowest BCUT2D eigenvalue weighted by atomic mass is 10.2. The van der Waals surface area contributed by atoms with E-state index in [1.54, 1.807) is 6.07 Å². The summed E-state index contributed by atoms with van der Waals surface area (Å²) in [6.07, 6.45) is 0. The van der Waals surface area contributed by atoms with Crippen LogP contribution in [-0.4, -0.2) is 0 Å². The second kappa shape index (κ2) is 5.85. The molecular weight excluding hydrogens is 253 g/mol. The number of halogens is 2. The van der Waals surface area contributed by atoms with Gasteiger partial charge < -0.3 is 10.5 Å². The largest absolute Gasteiger partial charge is 0.399 e. The van der Waals surface area contributed by atoms with Crippen LogP contribution in [0.1, 0.15) is 11.1 Å². The third kappa shape index (κ3) is 3.45. The zero-order valence-electron chi connectivity index (χ0n) is 9.70. The highest BCUT2D eigenvalue weighted by molar-refractivity contribution is 6.30. The maximum atomic E-state index is 13.2. The smallest absolute Gasteiger partial charge is 0.142 e. The number of nitrogens with two attached hydrogens (primary N) is 1. The van der Waals surface area contributed by atoms with Crippen molar-refractivity contribution in [1.29, 1.82) is 0 Å². The number of ether oxygens (including phenoxy) is 1. The minimum absolute atomic E-state index is 0.122. The van der Waals surface area contributed by atoms with E-state index in [4.69, 9.17) is 22.1 Å². The third-order valence-corrected chi connectivity index (χ3v) is 2.81. The van der Waals surface area contributed by atoms with Crippen molar-refractivity contribution in [3.05, 3.63) is 64.4 Å². The standard InChI is InChI=1S/C14H13ClFNO/c15-13-6-3-11(7-14(13)16)9-18-8-10-1-4-12(17)5-2-10/h1-7H,8-9,17H2. The van der Waals surface area contributed by atoms with Gasteiger partial charge in [0.2, 0.25) is 0 Å². The van der Waals surface area contributed by atoms with Crippen molar-refractivity contribution in [3.63, 3.8) is 0 Å². The summed E-state index contributed by atoms with van der Waals surface area (Å²) in [5.41, 5.74) is 8.09. The molecule has 2 nitrogen and oxygen atoms in total. The average molecular weight is 266 g/mol. The van der Waals surface area contributed by atoms with E-state index in [1.807, 2.05) is 24.3 Å². The highest BCUT2D eigenvalue weighted by Gasteiger charge is 2.01. The topological polar surface area (TPSA) is 35.2 Å². The van der Waals surface area contributed by atoms with Crippen LogP contribution in [0.3, 0.4) is 0 Å². The molecule has 0 saturated heterocycles. The molecule has 0 saturated carbocycles. The summed E-state index contributed by atoms with van der Waals surface area (Å²) < 4.78 is 18.7. The van der Waals surface area contributed by atoms with Crippen molar-refractivity contribution in [3.8, 4) is 0 Å². The van der Waals surface area contributed by atoms with Gasteiger partial charge in [-0.15, -0.1) is 0 Å². The minimum atomic E-state index is -0.426. The minimum Gasteiger partial charge on any atom is -0.399 e. The number of hydrogen-bond acceptors (Lipinski definition) is 2. The molecule has 0 aromatic heterocycles. The molecule has 0 unspecified atom stereocenters. The van der Waals surface area contributed by atoms with Crippen molar-refractivity contribution >= 4 is 17.3 Å². The van der Waals surface area contributed by atoms with Gasteiger partial charge in [0.25, 0.3) is 0 Å². The van der Waals surface area contributed by atoms with Crippen LogP contribution in [-0.2, 0) is 18.0 Å². The fraction of sp³-hybridized carbons (Fsp3) is 0.143. The fourth-order valence-electron chi connectivity index (χ4n) is 1.53. The molecule has 0 spiro atoms. The van der Waals surface area contributed by atoms with Gasteiger partial charge in [-0.25, -0.2) is 4.39 Å². The highest BCUT2D eigenvalue weighted by Crippen LogP contribution is 2.16. The molecule has 0 aliphatic rings. The first-order valence-corrected chi connectivity index (χ1v) is 5.89. The Balaban J connectivity index is 1.88. The van der Waals surface area contributed by atoms with E-state index in [9.17, 15) is 4.39 Å².